The van der Waals surface area contributed by atoms with Crippen molar-refractivity contribution < 1.29 is 0 Å². The third-order valence-corrected chi connectivity index (χ3v) is 3.95. The van der Waals surface area contributed by atoms with Crippen LogP contribution in [0.15, 0.2) is 41.2 Å². The Morgan fingerprint density at radius 1 is 1.10 bits per heavy atom. The summed E-state index contributed by atoms with van der Waals surface area (Å²) in [4.78, 5) is 12.3. The molecular weight excluding hydrogens is 266 g/mol. The first kappa shape index (κ1) is 14.9. The summed E-state index contributed by atoms with van der Waals surface area (Å²) in [5.74, 6) is 0.995. The summed E-state index contributed by atoms with van der Waals surface area (Å²) >= 11 is 4.21. The SMILES string of the molecule is CCn1c(-c2ccc(C(C)C)cc2)ccc(CS)c1=O. The number of hydrogen-bond acceptors (Lipinski definition) is 2. The average molecular weight is 287 g/mol. The van der Waals surface area contributed by atoms with Gasteiger partial charge in [0.15, 0.2) is 0 Å². The highest BCUT2D eigenvalue weighted by atomic mass is 32.1. The summed E-state index contributed by atoms with van der Waals surface area (Å²) in [7, 11) is 0. The summed E-state index contributed by atoms with van der Waals surface area (Å²) in [6.07, 6.45) is 0. The fourth-order valence-electron chi connectivity index (χ4n) is 2.35. The molecule has 0 radical (unpaired) electrons. The predicted octanol–water partition coefficient (Wildman–Crippen LogP) is 4.09. The van der Waals surface area contributed by atoms with Gasteiger partial charge in [-0.2, -0.15) is 12.6 Å². The van der Waals surface area contributed by atoms with E-state index in [0.717, 1.165) is 16.8 Å². The van der Waals surface area contributed by atoms with Crippen molar-refractivity contribution in [2.24, 2.45) is 0 Å². The maximum atomic E-state index is 12.3. The minimum atomic E-state index is 0.0629. The molecular formula is C17H21NOS. The second-order valence-corrected chi connectivity index (χ2v) is 5.54. The zero-order valence-corrected chi connectivity index (χ0v) is 13.2. The molecule has 0 unspecified atom stereocenters. The van der Waals surface area contributed by atoms with Gasteiger partial charge in [-0.05, 0) is 30.0 Å². The number of pyridine rings is 1. The molecule has 0 amide bonds. The van der Waals surface area contributed by atoms with Crippen molar-refractivity contribution in [1.29, 1.82) is 0 Å². The van der Waals surface area contributed by atoms with Crippen molar-refractivity contribution in [2.75, 3.05) is 0 Å². The molecule has 0 aliphatic carbocycles. The lowest BCUT2D eigenvalue weighted by Crippen LogP contribution is -2.23. The van der Waals surface area contributed by atoms with Crippen LogP contribution in [0, 0.1) is 0 Å². The van der Waals surface area contributed by atoms with E-state index < -0.39 is 0 Å². The van der Waals surface area contributed by atoms with Gasteiger partial charge in [-0.3, -0.25) is 4.79 Å². The van der Waals surface area contributed by atoms with Crippen molar-refractivity contribution in [1.82, 2.24) is 4.57 Å². The Morgan fingerprint density at radius 2 is 1.75 bits per heavy atom. The number of aromatic nitrogens is 1. The van der Waals surface area contributed by atoms with Gasteiger partial charge in [0.25, 0.3) is 5.56 Å². The third-order valence-electron chi connectivity index (χ3n) is 3.61. The second kappa shape index (κ2) is 6.31. The number of rotatable bonds is 4. The second-order valence-electron chi connectivity index (χ2n) is 5.23. The molecule has 2 aromatic rings. The summed E-state index contributed by atoms with van der Waals surface area (Å²) < 4.78 is 1.82. The van der Waals surface area contributed by atoms with Crippen LogP contribution in [0.3, 0.4) is 0 Å². The van der Waals surface area contributed by atoms with Crippen molar-refractivity contribution in [3.05, 3.63) is 57.9 Å². The number of nitrogens with zero attached hydrogens (tertiary/aromatic N) is 1. The first-order chi connectivity index (χ1) is 9.58. The Balaban J connectivity index is 2.52. The standard InChI is InChI=1S/C17H21NOS/c1-4-18-16(10-9-15(11-20)17(18)19)14-7-5-13(6-8-14)12(2)3/h5-10,12,20H,4,11H2,1-3H3. The van der Waals surface area contributed by atoms with Crippen LogP contribution in [0.2, 0.25) is 0 Å². The minimum absolute atomic E-state index is 0.0629. The first-order valence-electron chi connectivity index (χ1n) is 7.02. The van der Waals surface area contributed by atoms with Gasteiger partial charge >= 0.3 is 0 Å². The van der Waals surface area contributed by atoms with E-state index in [1.54, 1.807) is 0 Å². The zero-order valence-electron chi connectivity index (χ0n) is 12.3. The first-order valence-corrected chi connectivity index (χ1v) is 7.65. The molecule has 0 fully saturated rings. The highest BCUT2D eigenvalue weighted by Gasteiger charge is 2.09. The molecule has 1 heterocycles. The topological polar surface area (TPSA) is 22.0 Å². The minimum Gasteiger partial charge on any atom is -0.308 e. The molecule has 0 saturated carbocycles. The molecule has 1 aromatic carbocycles. The molecule has 106 valence electrons. The molecule has 0 atom stereocenters. The van der Waals surface area contributed by atoms with Crippen LogP contribution in [0.4, 0.5) is 0 Å². The van der Waals surface area contributed by atoms with Gasteiger partial charge in [-0.1, -0.05) is 44.2 Å². The third kappa shape index (κ3) is 2.83. The highest BCUT2D eigenvalue weighted by molar-refractivity contribution is 7.79. The van der Waals surface area contributed by atoms with Crippen molar-refractivity contribution in [3.8, 4) is 11.3 Å². The molecule has 1 aromatic heterocycles. The molecule has 3 heteroatoms. The maximum Gasteiger partial charge on any atom is 0.255 e. The fourth-order valence-corrected chi connectivity index (χ4v) is 2.59. The summed E-state index contributed by atoms with van der Waals surface area (Å²) in [5, 5.41) is 0. The largest absolute Gasteiger partial charge is 0.308 e. The summed E-state index contributed by atoms with van der Waals surface area (Å²) in [6, 6.07) is 12.4. The molecule has 0 N–H and O–H groups in total. The smallest absolute Gasteiger partial charge is 0.255 e. The maximum absolute atomic E-state index is 12.3. The van der Waals surface area contributed by atoms with E-state index in [2.05, 4.69) is 50.7 Å². The van der Waals surface area contributed by atoms with Crippen LogP contribution in [-0.4, -0.2) is 4.57 Å². The molecule has 0 aliphatic rings. The lowest BCUT2D eigenvalue weighted by atomic mass is 10.0. The summed E-state index contributed by atoms with van der Waals surface area (Å²) in [6.45, 7) is 7.02. The van der Waals surface area contributed by atoms with Crippen LogP contribution in [0.5, 0.6) is 0 Å². The van der Waals surface area contributed by atoms with Crippen LogP contribution in [0.25, 0.3) is 11.3 Å². The summed E-state index contributed by atoms with van der Waals surface area (Å²) in [5.41, 5.74) is 4.18. The van der Waals surface area contributed by atoms with Crippen LogP contribution < -0.4 is 5.56 Å². The van der Waals surface area contributed by atoms with E-state index in [4.69, 9.17) is 0 Å². The molecule has 2 nitrogen and oxygen atoms in total. The van der Waals surface area contributed by atoms with E-state index >= 15 is 0 Å². The Kier molecular flexibility index (Phi) is 4.71. The Hall–Kier alpha value is -1.48. The van der Waals surface area contributed by atoms with Gasteiger partial charge in [-0.15, -0.1) is 0 Å². The van der Waals surface area contributed by atoms with Crippen LogP contribution >= 0.6 is 12.6 Å². The van der Waals surface area contributed by atoms with Crippen molar-refractivity contribution >= 4 is 12.6 Å². The number of hydrogen-bond donors (Lipinski definition) is 1. The monoisotopic (exact) mass is 287 g/mol. The Labute approximate surface area is 125 Å². The molecule has 2 rings (SSSR count). The fraction of sp³-hybridized carbons (Fsp3) is 0.353. The van der Waals surface area contributed by atoms with Gasteiger partial charge in [0.1, 0.15) is 0 Å². The van der Waals surface area contributed by atoms with Gasteiger partial charge in [0.05, 0.1) is 5.69 Å². The Bertz CT molecular complexity index is 641. The average Bonchev–Trinajstić information content (AvgIpc) is 2.47. The lowest BCUT2D eigenvalue weighted by molar-refractivity contribution is 0.729. The van der Waals surface area contributed by atoms with E-state index in [0.29, 0.717) is 18.2 Å². The molecule has 0 bridgehead atoms. The molecule has 0 spiro atoms. The van der Waals surface area contributed by atoms with Gasteiger partial charge in [0, 0.05) is 17.9 Å². The van der Waals surface area contributed by atoms with Gasteiger partial charge in [0.2, 0.25) is 0 Å². The highest BCUT2D eigenvalue weighted by Crippen LogP contribution is 2.22. The van der Waals surface area contributed by atoms with Crippen molar-refractivity contribution in [2.45, 2.75) is 39.0 Å². The van der Waals surface area contributed by atoms with E-state index in [1.807, 2.05) is 23.6 Å². The molecule has 0 saturated heterocycles. The molecule has 0 aliphatic heterocycles. The molecule has 20 heavy (non-hydrogen) atoms. The van der Waals surface area contributed by atoms with Crippen LogP contribution in [0.1, 0.15) is 37.8 Å². The normalized spacial score (nSPS) is 11.1. The predicted molar refractivity (Wildman–Crippen MR) is 88.6 cm³/mol. The van der Waals surface area contributed by atoms with Gasteiger partial charge < -0.3 is 4.57 Å². The Morgan fingerprint density at radius 3 is 2.25 bits per heavy atom. The lowest BCUT2D eigenvalue weighted by Gasteiger charge is -2.13. The number of thiol groups is 1. The van der Waals surface area contributed by atoms with E-state index in [-0.39, 0.29) is 5.56 Å². The van der Waals surface area contributed by atoms with E-state index in [9.17, 15) is 4.79 Å². The van der Waals surface area contributed by atoms with E-state index in [1.165, 1.54) is 5.56 Å². The zero-order chi connectivity index (χ0) is 14.7. The van der Waals surface area contributed by atoms with Gasteiger partial charge in [-0.25, -0.2) is 0 Å². The quantitative estimate of drug-likeness (QED) is 0.841. The van der Waals surface area contributed by atoms with Crippen LogP contribution in [-0.2, 0) is 12.3 Å². The number of benzene rings is 1. The van der Waals surface area contributed by atoms with Crippen molar-refractivity contribution in [3.63, 3.8) is 0 Å².